The van der Waals surface area contributed by atoms with E-state index in [0.29, 0.717) is 28.4 Å². The molecule has 0 aliphatic rings. The summed E-state index contributed by atoms with van der Waals surface area (Å²) >= 11 is 0. The molecule has 0 amide bonds. The lowest BCUT2D eigenvalue weighted by Crippen LogP contribution is -2.27. The number of benzene rings is 2. The van der Waals surface area contributed by atoms with Gasteiger partial charge in [-0.3, -0.25) is 9.36 Å². The number of nitrogens with one attached hydrogen (secondary N) is 2. The van der Waals surface area contributed by atoms with Gasteiger partial charge in [0.2, 0.25) is 0 Å². The number of nitrogens with zero attached hydrogens (tertiary/aromatic N) is 5. The third kappa shape index (κ3) is 2.96. The van der Waals surface area contributed by atoms with Crippen molar-refractivity contribution in [3.05, 3.63) is 83.1 Å². The van der Waals surface area contributed by atoms with Gasteiger partial charge in [0.15, 0.2) is 5.82 Å². The molecule has 30 heavy (non-hydrogen) atoms. The molecule has 0 spiro atoms. The number of H-pyrrole nitrogens is 1. The number of fused-ring (bicyclic) bond motifs is 2. The summed E-state index contributed by atoms with van der Waals surface area (Å²) in [6, 6.07) is 12.7. The van der Waals surface area contributed by atoms with Gasteiger partial charge in [-0.25, -0.2) is 14.4 Å². The Morgan fingerprint density at radius 1 is 1.17 bits per heavy atom. The second kappa shape index (κ2) is 7.03. The van der Waals surface area contributed by atoms with Crippen molar-refractivity contribution in [2.24, 2.45) is 0 Å². The van der Waals surface area contributed by atoms with Crippen LogP contribution >= 0.6 is 0 Å². The topological polar surface area (TPSA) is 101 Å². The van der Waals surface area contributed by atoms with Crippen LogP contribution in [0.3, 0.4) is 0 Å². The number of para-hydroxylation sites is 1. The first-order chi connectivity index (χ1) is 14.6. The first kappa shape index (κ1) is 17.9. The van der Waals surface area contributed by atoms with E-state index in [1.807, 2.05) is 25.1 Å². The number of halogens is 1. The second-order valence-corrected chi connectivity index (χ2v) is 6.83. The SMILES string of the molecule is C[C@H](Nc1nncc2[nH]cnc12)c1nc2ccc(F)cc2c(=O)n1-c1ccccc1. The minimum absolute atomic E-state index is 0.212. The monoisotopic (exact) mass is 401 g/mol. The maximum atomic E-state index is 13.8. The van der Waals surface area contributed by atoms with Gasteiger partial charge in [0.25, 0.3) is 5.56 Å². The van der Waals surface area contributed by atoms with Gasteiger partial charge < -0.3 is 10.3 Å². The fourth-order valence-corrected chi connectivity index (χ4v) is 3.44. The first-order valence-electron chi connectivity index (χ1n) is 9.31. The maximum Gasteiger partial charge on any atom is 0.266 e. The van der Waals surface area contributed by atoms with Crippen molar-refractivity contribution in [3.63, 3.8) is 0 Å². The number of hydrogen-bond acceptors (Lipinski definition) is 6. The zero-order valence-electron chi connectivity index (χ0n) is 15.9. The van der Waals surface area contributed by atoms with Crippen molar-refractivity contribution in [3.8, 4) is 5.69 Å². The van der Waals surface area contributed by atoms with E-state index in [9.17, 15) is 9.18 Å². The van der Waals surface area contributed by atoms with Crippen molar-refractivity contribution in [2.45, 2.75) is 13.0 Å². The van der Waals surface area contributed by atoms with Crippen LogP contribution in [0, 0.1) is 5.82 Å². The predicted octanol–water partition coefficient (Wildman–Crippen LogP) is 3.36. The van der Waals surface area contributed by atoms with E-state index in [0.717, 1.165) is 5.52 Å². The third-order valence-electron chi connectivity index (χ3n) is 4.85. The number of hydrogen-bond donors (Lipinski definition) is 2. The molecular weight excluding hydrogens is 385 g/mol. The van der Waals surface area contributed by atoms with Crippen LogP contribution in [0.2, 0.25) is 0 Å². The average molecular weight is 401 g/mol. The minimum atomic E-state index is -0.486. The van der Waals surface area contributed by atoms with Crippen LogP contribution in [0.4, 0.5) is 10.2 Å². The molecule has 0 radical (unpaired) electrons. The average Bonchev–Trinajstić information content (AvgIpc) is 3.24. The van der Waals surface area contributed by atoms with E-state index >= 15 is 0 Å². The Morgan fingerprint density at radius 2 is 2.00 bits per heavy atom. The lowest BCUT2D eigenvalue weighted by molar-refractivity contribution is 0.629. The molecule has 3 aromatic heterocycles. The Bertz CT molecular complexity index is 1430. The Kier molecular flexibility index (Phi) is 4.20. The summed E-state index contributed by atoms with van der Waals surface area (Å²) in [4.78, 5) is 25.2. The van der Waals surface area contributed by atoms with Crippen LogP contribution < -0.4 is 10.9 Å². The van der Waals surface area contributed by atoms with Gasteiger partial charge in [-0.15, -0.1) is 5.10 Å². The first-order valence-corrected chi connectivity index (χ1v) is 9.31. The van der Waals surface area contributed by atoms with Crippen LogP contribution in [0.15, 0.2) is 65.8 Å². The maximum absolute atomic E-state index is 13.8. The zero-order valence-corrected chi connectivity index (χ0v) is 15.9. The molecule has 9 heteroatoms. The number of imidazole rings is 1. The van der Waals surface area contributed by atoms with Gasteiger partial charge in [0.1, 0.15) is 17.2 Å². The molecule has 0 bridgehead atoms. The molecule has 0 saturated carbocycles. The smallest absolute Gasteiger partial charge is 0.266 e. The molecule has 8 nitrogen and oxygen atoms in total. The lowest BCUT2D eigenvalue weighted by atomic mass is 10.2. The van der Waals surface area contributed by atoms with Gasteiger partial charge in [-0.1, -0.05) is 18.2 Å². The normalized spacial score (nSPS) is 12.3. The van der Waals surface area contributed by atoms with Gasteiger partial charge in [0.05, 0.1) is 40.7 Å². The minimum Gasteiger partial charge on any atom is -0.357 e. The van der Waals surface area contributed by atoms with Crippen LogP contribution in [0.5, 0.6) is 0 Å². The molecule has 5 aromatic rings. The largest absolute Gasteiger partial charge is 0.357 e. The van der Waals surface area contributed by atoms with Crippen LogP contribution in [0.25, 0.3) is 27.6 Å². The lowest BCUT2D eigenvalue weighted by Gasteiger charge is -2.20. The highest BCUT2D eigenvalue weighted by atomic mass is 19.1. The molecule has 0 unspecified atom stereocenters. The molecule has 2 aromatic carbocycles. The van der Waals surface area contributed by atoms with Crippen molar-refractivity contribution < 1.29 is 4.39 Å². The molecule has 0 fully saturated rings. The summed E-state index contributed by atoms with van der Waals surface area (Å²) in [5.41, 5.74) is 2.07. The molecule has 3 heterocycles. The standard InChI is InChI=1S/C21H16FN7O/c1-12(26-19-18-17(10-25-28-19)23-11-24-18)20-27-16-8-7-13(22)9-15(16)21(30)29(20)14-5-3-2-4-6-14/h2-12H,1H3,(H,23,24)(H,26,28)/t12-/m0/s1. The summed E-state index contributed by atoms with van der Waals surface area (Å²) in [5, 5.41) is 11.6. The van der Waals surface area contributed by atoms with Gasteiger partial charge in [0, 0.05) is 0 Å². The van der Waals surface area contributed by atoms with E-state index in [1.54, 1.807) is 24.7 Å². The molecule has 2 N–H and O–H groups in total. The number of aromatic amines is 1. The Morgan fingerprint density at radius 3 is 2.83 bits per heavy atom. The molecule has 0 aliphatic heterocycles. The fourth-order valence-electron chi connectivity index (χ4n) is 3.44. The van der Waals surface area contributed by atoms with Crippen molar-refractivity contribution in [1.82, 2.24) is 29.7 Å². The van der Waals surface area contributed by atoms with Crippen molar-refractivity contribution in [1.29, 1.82) is 0 Å². The van der Waals surface area contributed by atoms with Crippen LogP contribution in [0.1, 0.15) is 18.8 Å². The molecule has 0 aliphatic carbocycles. The highest BCUT2D eigenvalue weighted by molar-refractivity contribution is 5.84. The van der Waals surface area contributed by atoms with Gasteiger partial charge in [-0.05, 0) is 37.3 Å². The summed E-state index contributed by atoms with van der Waals surface area (Å²) in [6.07, 6.45) is 3.15. The van der Waals surface area contributed by atoms with Gasteiger partial charge in [-0.2, -0.15) is 5.10 Å². The predicted molar refractivity (Wildman–Crippen MR) is 111 cm³/mol. The van der Waals surface area contributed by atoms with E-state index in [1.165, 1.54) is 22.8 Å². The summed E-state index contributed by atoms with van der Waals surface area (Å²) < 4.78 is 15.3. The summed E-state index contributed by atoms with van der Waals surface area (Å²) in [7, 11) is 0. The van der Waals surface area contributed by atoms with Gasteiger partial charge >= 0.3 is 0 Å². The Labute approximate surface area is 169 Å². The molecular formula is C21H16FN7O. The molecule has 1 atom stereocenters. The van der Waals surface area contributed by atoms with Crippen molar-refractivity contribution in [2.75, 3.05) is 5.32 Å². The highest BCUT2D eigenvalue weighted by Gasteiger charge is 2.20. The third-order valence-corrected chi connectivity index (χ3v) is 4.85. The second-order valence-electron chi connectivity index (χ2n) is 6.83. The van der Waals surface area contributed by atoms with Crippen LogP contribution in [-0.2, 0) is 0 Å². The van der Waals surface area contributed by atoms with Crippen molar-refractivity contribution >= 4 is 27.8 Å². The quantitative estimate of drug-likeness (QED) is 0.479. The number of anilines is 1. The van der Waals surface area contributed by atoms with Crippen LogP contribution in [-0.4, -0.2) is 29.7 Å². The number of aromatic nitrogens is 6. The summed E-state index contributed by atoms with van der Waals surface area (Å²) in [5.74, 6) is 0.439. The summed E-state index contributed by atoms with van der Waals surface area (Å²) in [6.45, 7) is 1.86. The van der Waals surface area contributed by atoms with E-state index in [2.05, 4.69) is 30.5 Å². The molecule has 148 valence electrons. The Balaban J connectivity index is 1.70. The molecule has 5 rings (SSSR count). The highest BCUT2D eigenvalue weighted by Crippen LogP contribution is 2.24. The van der Waals surface area contributed by atoms with E-state index in [4.69, 9.17) is 0 Å². The fraction of sp³-hybridized carbons (Fsp3) is 0.0952. The van der Waals surface area contributed by atoms with E-state index in [-0.39, 0.29) is 10.9 Å². The number of rotatable bonds is 4. The Hall–Kier alpha value is -4.14. The van der Waals surface area contributed by atoms with E-state index < -0.39 is 11.9 Å². The zero-order chi connectivity index (χ0) is 20.7. The molecule has 0 saturated heterocycles.